The number of nitrogens with one attached hydrogen (secondary N) is 2. The number of aromatic hydroxyl groups is 1. The maximum absolute atomic E-state index is 12.1. The van der Waals surface area contributed by atoms with Crippen molar-refractivity contribution in [3.8, 4) is 11.5 Å². The molecule has 0 radical (unpaired) electrons. The molecule has 1 fully saturated rings. The normalized spacial score (nSPS) is 17.7. The average Bonchev–Trinajstić information content (AvgIpc) is 3.03. The molecule has 1 aliphatic heterocycles. The molecule has 1 aliphatic rings. The first-order valence-electron chi connectivity index (χ1n) is 8.35. The number of phenols is 1. The van der Waals surface area contributed by atoms with E-state index in [2.05, 4.69) is 20.8 Å². The van der Waals surface area contributed by atoms with Gasteiger partial charge in [-0.15, -0.1) is 5.10 Å². The van der Waals surface area contributed by atoms with Crippen LogP contribution in [0.15, 0.2) is 58.7 Å². The molecular formula is C19H18N4O4S. The molecule has 1 heterocycles. The van der Waals surface area contributed by atoms with Gasteiger partial charge in [0.1, 0.15) is 5.25 Å². The van der Waals surface area contributed by atoms with E-state index < -0.39 is 5.25 Å². The van der Waals surface area contributed by atoms with Crippen LogP contribution in [0.3, 0.4) is 0 Å². The van der Waals surface area contributed by atoms with Crippen LogP contribution in [0.1, 0.15) is 12.0 Å². The van der Waals surface area contributed by atoms with Gasteiger partial charge < -0.3 is 20.5 Å². The second kappa shape index (κ2) is 9.05. The minimum Gasteiger partial charge on any atom is -0.504 e. The fraction of sp³-hybridized carbons (Fsp3) is 0.158. The number of phenolic OH excluding ortho intramolecular Hbond substituents is 1. The SMILES string of the molecule is COc1cc(/C=N/N=C2NC(=O)C(CC(=O)Nc3ccccc3)S2)ccc1O. The zero-order valence-electron chi connectivity index (χ0n) is 15.0. The Morgan fingerprint density at radius 3 is 2.86 bits per heavy atom. The van der Waals surface area contributed by atoms with E-state index in [1.165, 1.54) is 19.4 Å². The largest absolute Gasteiger partial charge is 0.504 e. The smallest absolute Gasteiger partial charge is 0.240 e. The van der Waals surface area contributed by atoms with Crippen LogP contribution >= 0.6 is 11.8 Å². The summed E-state index contributed by atoms with van der Waals surface area (Å²) in [6.45, 7) is 0. The van der Waals surface area contributed by atoms with Gasteiger partial charge >= 0.3 is 0 Å². The Morgan fingerprint density at radius 1 is 1.32 bits per heavy atom. The lowest BCUT2D eigenvalue weighted by Crippen LogP contribution is -2.28. The van der Waals surface area contributed by atoms with E-state index in [0.717, 1.165) is 11.8 Å². The lowest BCUT2D eigenvalue weighted by molar-refractivity contribution is -0.122. The number of hydrogen-bond acceptors (Lipinski definition) is 7. The van der Waals surface area contributed by atoms with Gasteiger partial charge in [-0.2, -0.15) is 5.10 Å². The first kappa shape index (κ1) is 19.4. The van der Waals surface area contributed by atoms with Gasteiger partial charge in [0.25, 0.3) is 0 Å². The molecule has 2 aromatic carbocycles. The third-order valence-corrected chi connectivity index (χ3v) is 4.84. The van der Waals surface area contributed by atoms with Gasteiger partial charge in [-0.1, -0.05) is 30.0 Å². The molecule has 0 bridgehead atoms. The number of anilines is 1. The van der Waals surface area contributed by atoms with Crippen LogP contribution in [-0.2, 0) is 9.59 Å². The quantitative estimate of drug-likeness (QED) is 0.511. The topological polar surface area (TPSA) is 112 Å². The summed E-state index contributed by atoms with van der Waals surface area (Å²) in [5, 5.41) is 22.6. The third-order valence-electron chi connectivity index (χ3n) is 3.76. The molecule has 0 spiro atoms. The zero-order chi connectivity index (χ0) is 19.9. The summed E-state index contributed by atoms with van der Waals surface area (Å²) in [5.74, 6) is -0.181. The van der Waals surface area contributed by atoms with Crippen molar-refractivity contribution >= 4 is 40.6 Å². The monoisotopic (exact) mass is 398 g/mol. The van der Waals surface area contributed by atoms with Crippen molar-refractivity contribution in [2.45, 2.75) is 11.7 Å². The third kappa shape index (κ3) is 5.10. The van der Waals surface area contributed by atoms with E-state index in [9.17, 15) is 14.7 Å². The van der Waals surface area contributed by atoms with Gasteiger partial charge in [0, 0.05) is 12.1 Å². The van der Waals surface area contributed by atoms with Crippen molar-refractivity contribution in [1.29, 1.82) is 0 Å². The first-order valence-corrected chi connectivity index (χ1v) is 9.23. The van der Waals surface area contributed by atoms with Gasteiger partial charge in [0.15, 0.2) is 16.7 Å². The fourth-order valence-corrected chi connectivity index (χ4v) is 3.33. The second-order valence-electron chi connectivity index (χ2n) is 5.80. The number of para-hydroxylation sites is 1. The van der Waals surface area contributed by atoms with E-state index in [1.807, 2.05) is 18.2 Å². The van der Waals surface area contributed by atoms with Crippen LogP contribution in [0.2, 0.25) is 0 Å². The van der Waals surface area contributed by atoms with Crippen molar-refractivity contribution in [3.63, 3.8) is 0 Å². The highest BCUT2D eigenvalue weighted by Crippen LogP contribution is 2.26. The van der Waals surface area contributed by atoms with Crippen LogP contribution in [0, 0.1) is 0 Å². The molecule has 8 nitrogen and oxygen atoms in total. The Labute approximate surface area is 165 Å². The number of nitrogens with zero attached hydrogens (tertiary/aromatic N) is 2. The highest BCUT2D eigenvalue weighted by atomic mass is 32.2. The molecule has 28 heavy (non-hydrogen) atoms. The van der Waals surface area contributed by atoms with Crippen molar-refractivity contribution in [2.24, 2.45) is 10.2 Å². The Hall–Kier alpha value is -3.33. The number of ether oxygens (including phenoxy) is 1. The number of benzene rings is 2. The molecule has 1 atom stereocenters. The van der Waals surface area contributed by atoms with E-state index >= 15 is 0 Å². The number of thioether (sulfide) groups is 1. The number of hydrogen-bond donors (Lipinski definition) is 3. The maximum atomic E-state index is 12.1. The molecule has 3 rings (SSSR count). The zero-order valence-corrected chi connectivity index (χ0v) is 15.8. The molecule has 144 valence electrons. The van der Waals surface area contributed by atoms with Crippen LogP contribution in [0.4, 0.5) is 5.69 Å². The minimum absolute atomic E-state index is 0.0289. The van der Waals surface area contributed by atoms with Crippen LogP contribution in [-0.4, -0.2) is 40.7 Å². The van der Waals surface area contributed by atoms with Gasteiger partial charge in [-0.05, 0) is 35.9 Å². The highest BCUT2D eigenvalue weighted by molar-refractivity contribution is 8.15. The predicted octanol–water partition coefficient (Wildman–Crippen LogP) is 2.35. The number of methoxy groups -OCH3 is 1. The molecule has 2 amide bonds. The maximum Gasteiger partial charge on any atom is 0.240 e. The van der Waals surface area contributed by atoms with Crippen LogP contribution in [0.5, 0.6) is 11.5 Å². The standard InChI is InChI=1S/C19H18N4O4S/c1-27-15-9-12(7-8-14(15)24)11-20-23-19-22-18(26)16(28-19)10-17(25)21-13-5-3-2-4-6-13/h2-9,11,16,24H,10H2,1H3,(H,21,25)(H,22,23,26)/b20-11+. The van der Waals surface area contributed by atoms with Crippen molar-refractivity contribution in [2.75, 3.05) is 12.4 Å². The molecule has 1 unspecified atom stereocenters. The molecule has 0 aromatic heterocycles. The molecule has 2 aromatic rings. The summed E-state index contributed by atoms with van der Waals surface area (Å²) in [6.07, 6.45) is 1.50. The fourth-order valence-electron chi connectivity index (χ4n) is 2.41. The van der Waals surface area contributed by atoms with Gasteiger partial charge in [-0.25, -0.2) is 0 Å². The summed E-state index contributed by atoms with van der Waals surface area (Å²) < 4.78 is 5.03. The minimum atomic E-state index is -0.563. The highest BCUT2D eigenvalue weighted by Gasteiger charge is 2.32. The summed E-state index contributed by atoms with van der Waals surface area (Å²) in [6, 6.07) is 13.8. The molecule has 1 saturated heterocycles. The Balaban J connectivity index is 1.57. The van der Waals surface area contributed by atoms with E-state index in [1.54, 1.807) is 24.3 Å². The Bertz CT molecular complexity index is 931. The second-order valence-corrected chi connectivity index (χ2v) is 6.99. The molecule has 9 heteroatoms. The predicted molar refractivity (Wildman–Crippen MR) is 109 cm³/mol. The van der Waals surface area contributed by atoms with Gasteiger partial charge in [0.2, 0.25) is 11.8 Å². The van der Waals surface area contributed by atoms with Crippen molar-refractivity contribution < 1.29 is 19.4 Å². The lowest BCUT2D eigenvalue weighted by Gasteiger charge is -2.06. The number of amidine groups is 1. The van der Waals surface area contributed by atoms with Gasteiger partial charge in [-0.3, -0.25) is 9.59 Å². The molecular weight excluding hydrogens is 380 g/mol. The molecule has 3 N–H and O–H groups in total. The van der Waals surface area contributed by atoms with E-state index in [4.69, 9.17) is 4.74 Å². The summed E-state index contributed by atoms with van der Waals surface area (Å²) in [5.41, 5.74) is 1.35. The van der Waals surface area contributed by atoms with Crippen molar-refractivity contribution in [3.05, 3.63) is 54.1 Å². The van der Waals surface area contributed by atoms with Gasteiger partial charge in [0.05, 0.1) is 13.3 Å². The number of carbonyl (C=O) groups is 2. The van der Waals surface area contributed by atoms with E-state index in [-0.39, 0.29) is 24.0 Å². The Morgan fingerprint density at radius 2 is 2.11 bits per heavy atom. The number of carbonyl (C=O) groups excluding carboxylic acids is 2. The van der Waals surface area contributed by atoms with Crippen molar-refractivity contribution in [1.82, 2.24) is 5.32 Å². The summed E-state index contributed by atoms with van der Waals surface area (Å²) in [4.78, 5) is 24.1. The Kier molecular flexibility index (Phi) is 6.28. The average molecular weight is 398 g/mol. The number of rotatable bonds is 6. The van der Waals surface area contributed by atoms with E-state index in [0.29, 0.717) is 22.2 Å². The molecule has 0 saturated carbocycles. The first-order chi connectivity index (χ1) is 13.5. The number of amides is 2. The van der Waals surface area contributed by atoms with Crippen LogP contribution in [0.25, 0.3) is 0 Å². The summed E-state index contributed by atoms with van der Waals surface area (Å²) >= 11 is 1.15. The molecule has 0 aliphatic carbocycles. The summed E-state index contributed by atoms with van der Waals surface area (Å²) in [7, 11) is 1.45. The lowest BCUT2D eigenvalue weighted by atomic mass is 10.2. The van der Waals surface area contributed by atoms with Crippen LogP contribution < -0.4 is 15.4 Å².